The van der Waals surface area contributed by atoms with Crippen molar-refractivity contribution in [1.82, 2.24) is 29.5 Å². The molecule has 0 unspecified atom stereocenters. The Hall–Kier alpha value is -4.47. The van der Waals surface area contributed by atoms with Gasteiger partial charge >= 0.3 is 5.97 Å². The van der Waals surface area contributed by atoms with Gasteiger partial charge in [-0.2, -0.15) is 15.2 Å². The molecule has 0 atom stereocenters. The van der Waals surface area contributed by atoms with Crippen LogP contribution in [0, 0.1) is 0 Å². The van der Waals surface area contributed by atoms with Gasteiger partial charge in [-0.3, -0.25) is 4.68 Å². The third-order valence-electron chi connectivity index (χ3n) is 5.46. The van der Waals surface area contributed by atoms with Crippen molar-refractivity contribution < 1.29 is 19.0 Å². The van der Waals surface area contributed by atoms with E-state index in [1.807, 2.05) is 24.3 Å². The fourth-order valence-electron chi connectivity index (χ4n) is 3.84. The minimum absolute atomic E-state index is 0.267. The molecule has 178 valence electrons. The van der Waals surface area contributed by atoms with E-state index >= 15 is 0 Å². The van der Waals surface area contributed by atoms with Gasteiger partial charge in [0.1, 0.15) is 16.8 Å². The SMILES string of the molecule is CCOC(=O)c1cnn(-c2nc(OC)c3c(cnn3CCCOc3cccc4ccccc34)n2)c1. The lowest BCUT2D eigenvalue weighted by Gasteiger charge is -2.10. The number of nitrogens with zero attached hydrogens (tertiary/aromatic N) is 6. The predicted octanol–water partition coefficient (Wildman–Crippen LogP) is 3.82. The molecule has 0 saturated carbocycles. The zero-order chi connectivity index (χ0) is 24.2. The Labute approximate surface area is 201 Å². The predicted molar refractivity (Wildman–Crippen MR) is 129 cm³/mol. The number of carbonyl (C=O) groups excluding carboxylic acids is 1. The van der Waals surface area contributed by atoms with E-state index < -0.39 is 5.97 Å². The third-order valence-corrected chi connectivity index (χ3v) is 5.46. The Morgan fingerprint density at radius 2 is 1.89 bits per heavy atom. The normalized spacial score (nSPS) is 11.1. The summed E-state index contributed by atoms with van der Waals surface area (Å²) >= 11 is 0. The quantitative estimate of drug-likeness (QED) is 0.235. The van der Waals surface area contributed by atoms with E-state index in [1.165, 1.54) is 17.1 Å². The molecule has 0 N–H and O–H groups in total. The Bertz CT molecular complexity index is 1490. The number of rotatable bonds is 9. The second-order valence-corrected chi connectivity index (χ2v) is 7.71. The standard InChI is InChI=1S/C25H24N6O4/c1-3-34-24(32)18-14-26-31(16-18)25-28-20-15-27-30(22(20)23(29-25)33-2)12-7-13-35-21-11-6-9-17-8-4-5-10-19(17)21/h4-6,8-11,14-16H,3,7,12-13H2,1-2H3. The third kappa shape index (κ3) is 4.50. The minimum atomic E-state index is -0.453. The molecule has 10 nitrogen and oxygen atoms in total. The lowest BCUT2D eigenvalue weighted by atomic mass is 10.1. The molecule has 0 radical (unpaired) electrons. The summed E-state index contributed by atoms with van der Waals surface area (Å²) in [5.41, 5.74) is 1.60. The van der Waals surface area contributed by atoms with Gasteiger partial charge in [0.05, 0.1) is 38.3 Å². The number of benzene rings is 2. The molecule has 0 amide bonds. The summed E-state index contributed by atoms with van der Waals surface area (Å²) < 4.78 is 19.8. The highest BCUT2D eigenvalue weighted by Gasteiger charge is 2.17. The van der Waals surface area contributed by atoms with Crippen LogP contribution in [0.4, 0.5) is 0 Å². The number of aryl methyl sites for hydroxylation is 1. The average molecular weight is 473 g/mol. The molecule has 2 aromatic carbocycles. The summed E-state index contributed by atoms with van der Waals surface area (Å²) in [5, 5.41) is 10.9. The Morgan fingerprint density at radius 1 is 1.03 bits per heavy atom. The molecular weight excluding hydrogens is 448 g/mol. The topological polar surface area (TPSA) is 106 Å². The fourth-order valence-corrected chi connectivity index (χ4v) is 3.84. The molecule has 10 heteroatoms. The van der Waals surface area contributed by atoms with Gasteiger partial charge in [-0.25, -0.2) is 14.5 Å². The summed E-state index contributed by atoms with van der Waals surface area (Å²) in [4.78, 5) is 21.0. The van der Waals surface area contributed by atoms with Crippen LogP contribution in [0.5, 0.6) is 11.6 Å². The smallest absolute Gasteiger partial charge is 0.341 e. The molecule has 0 aliphatic rings. The van der Waals surface area contributed by atoms with Gasteiger partial charge < -0.3 is 14.2 Å². The zero-order valence-corrected chi connectivity index (χ0v) is 19.4. The maximum absolute atomic E-state index is 11.9. The van der Waals surface area contributed by atoms with Crippen LogP contribution in [0.25, 0.3) is 27.8 Å². The number of carbonyl (C=O) groups is 1. The first-order chi connectivity index (χ1) is 17.2. The maximum Gasteiger partial charge on any atom is 0.341 e. The van der Waals surface area contributed by atoms with Crippen molar-refractivity contribution in [1.29, 1.82) is 0 Å². The maximum atomic E-state index is 11.9. The lowest BCUT2D eigenvalue weighted by Crippen LogP contribution is -2.09. The number of ether oxygens (including phenoxy) is 3. The van der Waals surface area contributed by atoms with Crippen molar-refractivity contribution in [2.75, 3.05) is 20.3 Å². The zero-order valence-electron chi connectivity index (χ0n) is 19.4. The number of aromatic nitrogens is 6. The van der Waals surface area contributed by atoms with E-state index in [0.29, 0.717) is 35.6 Å². The molecule has 5 rings (SSSR count). The van der Waals surface area contributed by atoms with Crippen LogP contribution in [0.3, 0.4) is 0 Å². The Morgan fingerprint density at radius 3 is 2.74 bits per heavy atom. The first-order valence-electron chi connectivity index (χ1n) is 11.3. The van der Waals surface area contributed by atoms with Gasteiger partial charge in [0.15, 0.2) is 0 Å². The number of fused-ring (bicyclic) bond motifs is 2. The largest absolute Gasteiger partial charge is 0.493 e. The Balaban J connectivity index is 1.31. The molecule has 0 saturated heterocycles. The number of hydrogen-bond donors (Lipinski definition) is 0. The highest BCUT2D eigenvalue weighted by Crippen LogP contribution is 2.26. The van der Waals surface area contributed by atoms with Crippen LogP contribution in [0.2, 0.25) is 0 Å². The van der Waals surface area contributed by atoms with E-state index in [-0.39, 0.29) is 12.6 Å². The van der Waals surface area contributed by atoms with Crippen LogP contribution < -0.4 is 9.47 Å². The molecule has 0 fully saturated rings. The van der Waals surface area contributed by atoms with Crippen LogP contribution in [0.1, 0.15) is 23.7 Å². The summed E-state index contributed by atoms with van der Waals surface area (Å²) in [5.74, 6) is 1.04. The van der Waals surface area contributed by atoms with Crippen molar-refractivity contribution in [3.05, 3.63) is 66.6 Å². The number of hydrogen-bond acceptors (Lipinski definition) is 8. The molecule has 0 aliphatic heterocycles. The fraction of sp³-hybridized carbons (Fsp3) is 0.240. The van der Waals surface area contributed by atoms with Crippen LogP contribution >= 0.6 is 0 Å². The molecule has 0 aliphatic carbocycles. The van der Waals surface area contributed by atoms with Gasteiger partial charge in [-0.05, 0) is 18.4 Å². The van der Waals surface area contributed by atoms with Crippen molar-refractivity contribution in [2.45, 2.75) is 19.9 Å². The highest BCUT2D eigenvalue weighted by molar-refractivity contribution is 5.89. The number of methoxy groups -OCH3 is 1. The molecule has 5 aromatic rings. The lowest BCUT2D eigenvalue weighted by molar-refractivity contribution is 0.0526. The highest BCUT2D eigenvalue weighted by atomic mass is 16.5. The molecule has 35 heavy (non-hydrogen) atoms. The minimum Gasteiger partial charge on any atom is -0.493 e. The van der Waals surface area contributed by atoms with Gasteiger partial charge in [-0.15, -0.1) is 0 Å². The van der Waals surface area contributed by atoms with Crippen molar-refractivity contribution in [3.8, 4) is 17.6 Å². The molecular formula is C25H24N6O4. The molecule has 0 bridgehead atoms. The van der Waals surface area contributed by atoms with Gasteiger partial charge in [0, 0.05) is 24.5 Å². The first-order valence-corrected chi connectivity index (χ1v) is 11.3. The summed E-state index contributed by atoms with van der Waals surface area (Å²) in [6.45, 7) is 3.16. The van der Waals surface area contributed by atoms with Crippen molar-refractivity contribution >= 4 is 27.8 Å². The summed E-state index contributed by atoms with van der Waals surface area (Å²) in [7, 11) is 1.54. The summed E-state index contributed by atoms with van der Waals surface area (Å²) in [6, 6.07) is 14.2. The van der Waals surface area contributed by atoms with Gasteiger partial charge in [-0.1, -0.05) is 36.4 Å². The van der Waals surface area contributed by atoms with Gasteiger partial charge in [0.2, 0.25) is 5.88 Å². The molecule has 0 spiro atoms. The van der Waals surface area contributed by atoms with E-state index in [0.717, 1.165) is 22.9 Å². The van der Waals surface area contributed by atoms with E-state index in [1.54, 1.807) is 24.9 Å². The molecule has 3 heterocycles. The first kappa shape index (κ1) is 22.3. The average Bonchev–Trinajstić information content (AvgIpc) is 3.54. The van der Waals surface area contributed by atoms with E-state index in [9.17, 15) is 4.79 Å². The van der Waals surface area contributed by atoms with Crippen LogP contribution in [-0.4, -0.2) is 55.8 Å². The van der Waals surface area contributed by atoms with E-state index in [4.69, 9.17) is 14.2 Å². The van der Waals surface area contributed by atoms with Crippen LogP contribution in [-0.2, 0) is 11.3 Å². The van der Waals surface area contributed by atoms with Crippen LogP contribution in [0.15, 0.2) is 61.1 Å². The monoisotopic (exact) mass is 472 g/mol. The second kappa shape index (κ2) is 9.80. The second-order valence-electron chi connectivity index (χ2n) is 7.71. The van der Waals surface area contributed by atoms with Crippen molar-refractivity contribution in [3.63, 3.8) is 0 Å². The summed E-state index contributed by atoms with van der Waals surface area (Å²) in [6.07, 6.45) is 5.32. The van der Waals surface area contributed by atoms with E-state index in [2.05, 4.69) is 38.4 Å². The van der Waals surface area contributed by atoms with Gasteiger partial charge in [0.25, 0.3) is 5.95 Å². The Kier molecular flexibility index (Phi) is 6.25. The van der Waals surface area contributed by atoms with Crippen molar-refractivity contribution in [2.24, 2.45) is 0 Å². The number of esters is 1. The molecule has 3 aromatic heterocycles.